The Morgan fingerprint density at radius 2 is 2.15 bits per heavy atom. The summed E-state index contributed by atoms with van der Waals surface area (Å²) in [6.45, 7) is 0.235. The first-order valence-corrected chi connectivity index (χ1v) is 8.13. The number of aromatic nitrogens is 2. The van der Waals surface area contributed by atoms with Crippen molar-refractivity contribution < 1.29 is 9.26 Å². The van der Waals surface area contributed by atoms with Crippen molar-refractivity contribution in [3.63, 3.8) is 0 Å². The van der Waals surface area contributed by atoms with E-state index in [1.807, 2.05) is 35.7 Å². The summed E-state index contributed by atoms with van der Waals surface area (Å²) in [6, 6.07) is 9.59. The van der Waals surface area contributed by atoms with Gasteiger partial charge in [-0.05, 0) is 45.6 Å². The minimum Gasteiger partial charge on any atom is -0.483 e. The Bertz CT molecular complexity index is 713. The predicted molar refractivity (Wildman–Crippen MR) is 83.8 cm³/mol. The summed E-state index contributed by atoms with van der Waals surface area (Å²) in [7, 11) is 0. The fraction of sp³-hybridized carbons (Fsp3) is 0.0769. The highest BCUT2D eigenvalue weighted by molar-refractivity contribution is 9.11. The zero-order valence-electron chi connectivity index (χ0n) is 10.0. The van der Waals surface area contributed by atoms with Crippen LogP contribution in [-0.2, 0) is 6.61 Å². The van der Waals surface area contributed by atoms with E-state index in [1.165, 1.54) is 0 Å². The fourth-order valence-corrected chi connectivity index (χ4v) is 3.36. The van der Waals surface area contributed by atoms with Gasteiger partial charge >= 0.3 is 0 Å². The third kappa shape index (κ3) is 3.11. The first kappa shape index (κ1) is 13.8. The Labute approximate surface area is 136 Å². The fourth-order valence-electron chi connectivity index (χ4n) is 1.55. The number of halogens is 2. The zero-order chi connectivity index (χ0) is 13.9. The summed E-state index contributed by atoms with van der Waals surface area (Å²) in [6.07, 6.45) is 0. The number of nitrogens with zero attached hydrogens (tertiary/aromatic N) is 2. The van der Waals surface area contributed by atoms with Crippen molar-refractivity contribution in [3.05, 3.63) is 50.5 Å². The topological polar surface area (TPSA) is 48.2 Å². The van der Waals surface area contributed by atoms with Gasteiger partial charge in [0.2, 0.25) is 5.82 Å². The van der Waals surface area contributed by atoms with Gasteiger partial charge < -0.3 is 9.26 Å². The van der Waals surface area contributed by atoms with Crippen LogP contribution in [-0.4, -0.2) is 10.1 Å². The Morgan fingerprint density at radius 1 is 1.25 bits per heavy atom. The van der Waals surface area contributed by atoms with Crippen LogP contribution in [0.25, 0.3) is 10.7 Å². The molecular weight excluding hydrogens is 408 g/mol. The second-order valence-electron chi connectivity index (χ2n) is 3.85. The van der Waals surface area contributed by atoms with Gasteiger partial charge in [0.1, 0.15) is 5.75 Å². The highest BCUT2D eigenvalue weighted by Gasteiger charge is 2.10. The lowest BCUT2D eigenvalue weighted by Crippen LogP contribution is -1.96. The molecule has 0 N–H and O–H groups in total. The molecule has 0 fully saturated rings. The van der Waals surface area contributed by atoms with Crippen LogP contribution in [0, 0.1) is 0 Å². The van der Waals surface area contributed by atoms with E-state index < -0.39 is 0 Å². The molecular formula is C13H8Br2N2O2S. The van der Waals surface area contributed by atoms with Crippen LogP contribution in [0.4, 0.5) is 0 Å². The average Bonchev–Trinajstić information content (AvgIpc) is 3.08. The molecule has 3 rings (SSSR count). The number of ether oxygens (including phenoxy) is 1. The number of hydrogen-bond donors (Lipinski definition) is 0. The third-order valence-corrected chi connectivity index (χ3v) is 4.43. The number of thiophene rings is 1. The smallest absolute Gasteiger partial charge is 0.264 e. The normalized spacial score (nSPS) is 10.7. The number of rotatable bonds is 4. The van der Waals surface area contributed by atoms with Gasteiger partial charge in [-0.25, -0.2) is 0 Å². The van der Waals surface area contributed by atoms with Gasteiger partial charge in [-0.2, -0.15) is 4.98 Å². The van der Waals surface area contributed by atoms with Crippen LogP contribution >= 0.6 is 43.2 Å². The molecule has 0 bridgehead atoms. The van der Waals surface area contributed by atoms with E-state index in [9.17, 15) is 0 Å². The van der Waals surface area contributed by atoms with E-state index in [-0.39, 0.29) is 6.61 Å². The summed E-state index contributed by atoms with van der Waals surface area (Å²) in [5.41, 5.74) is 0. The molecule has 0 spiro atoms. The molecule has 0 aliphatic heterocycles. The molecule has 3 aromatic rings. The van der Waals surface area contributed by atoms with Crippen LogP contribution in [0.2, 0.25) is 0 Å². The maximum Gasteiger partial charge on any atom is 0.264 e. The lowest BCUT2D eigenvalue weighted by molar-refractivity contribution is 0.242. The molecule has 2 aromatic heterocycles. The quantitative estimate of drug-likeness (QED) is 0.607. The van der Waals surface area contributed by atoms with Crippen molar-refractivity contribution in [2.75, 3.05) is 0 Å². The molecule has 102 valence electrons. The Hall–Kier alpha value is -1.18. The zero-order valence-corrected chi connectivity index (χ0v) is 14.0. The Balaban J connectivity index is 1.70. The van der Waals surface area contributed by atoms with Gasteiger partial charge in [0.25, 0.3) is 5.89 Å². The van der Waals surface area contributed by atoms with Crippen molar-refractivity contribution >= 4 is 43.2 Å². The Morgan fingerprint density at radius 3 is 2.90 bits per heavy atom. The van der Waals surface area contributed by atoms with E-state index in [4.69, 9.17) is 9.26 Å². The van der Waals surface area contributed by atoms with Crippen molar-refractivity contribution in [1.29, 1.82) is 0 Å². The molecule has 0 aliphatic carbocycles. The van der Waals surface area contributed by atoms with E-state index in [1.54, 1.807) is 11.3 Å². The van der Waals surface area contributed by atoms with Crippen molar-refractivity contribution in [2.45, 2.75) is 6.61 Å². The minimum atomic E-state index is 0.235. The van der Waals surface area contributed by atoms with E-state index in [0.29, 0.717) is 11.7 Å². The third-order valence-electron chi connectivity index (χ3n) is 2.45. The molecule has 0 aliphatic rings. The first-order valence-electron chi connectivity index (χ1n) is 5.67. The van der Waals surface area contributed by atoms with Crippen molar-refractivity contribution in [1.82, 2.24) is 10.1 Å². The largest absolute Gasteiger partial charge is 0.483 e. The second-order valence-corrected chi connectivity index (χ2v) is 6.57. The molecule has 4 nitrogen and oxygen atoms in total. The van der Waals surface area contributed by atoms with E-state index >= 15 is 0 Å². The van der Waals surface area contributed by atoms with Gasteiger partial charge in [0.15, 0.2) is 6.61 Å². The van der Waals surface area contributed by atoms with Crippen LogP contribution in [0.5, 0.6) is 5.75 Å². The van der Waals surface area contributed by atoms with Gasteiger partial charge in [0.05, 0.1) is 9.35 Å². The highest BCUT2D eigenvalue weighted by atomic mass is 79.9. The summed E-state index contributed by atoms with van der Waals surface area (Å²) >= 11 is 8.40. The maximum absolute atomic E-state index is 5.65. The number of benzene rings is 1. The molecule has 0 radical (unpaired) electrons. The maximum atomic E-state index is 5.65. The lowest BCUT2D eigenvalue weighted by atomic mass is 10.3. The van der Waals surface area contributed by atoms with Crippen LogP contribution in [0.1, 0.15) is 5.89 Å². The summed E-state index contributed by atoms with van der Waals surface area (Å²) < 4.78 is 12.7. The molecule has 7 heteroatoms. The van der Waals surface area contributed by atoms with Crippen molar-refractivity contribution in [2.24, 2.45) is 0 Å². The highest BCUT2D eigenvalue weighted by Crippen LogP contribution is 2.29. The molecule has 0 amide bonds. The molecule has 2 heterocycles. The van der Waals surface area contributed by atoms with Gasteiger partial charge in [-0.3, -0.25) is 0 Å². The van der Waals surface area contributed by atoms with E-state index in [2.05, 4.69) is 42.0 Å². The molecule has 0 atom stereocenters. The SMILES string of the molecule is Brc1ccc(OCc2nc(-c3cccs3)no2)c(Br)c1. The Kier molecular flexibility index (Phi) is 4.18. The molecule has 0 saturated heterocycles. The summed E-state index contributed by atoms with van der Waals surface area (Å²) in [4.78, 5) is 5.27. The molecule has 1 aromatic carbocycles. The van der Waals surface area contributed by atoms with Gasteiger partial charge in [-0.15, -0.1) is 11.3 Å². The van der Waals surface area contributed by atoms with Gasteiger partial charge in [-0.1, -0.05) is 27.2 Å². The van der Waals surface area contributed by atoms with E-state index in [0.717, 1.165) is 19.6 Å². The monoisotopic (exact) mass is 414 g/mol. The van der Waals surface area contributed by atoms with Crippen molar-refractivity contribution in [3.8, 4) is 16.5 Å². The summed E-state index contributed by atoms with van der Waals surface area (Å²) in [5, 5.41) is 5.91. The average molecular weight is 416 g/mol. The summed E-state index contributed by atoms with van der Waals surface area (Å²) in [5.74, 6) is 1.76. The van der Waals surface area contributed by atoms with Crippen LogP contribution < -0.4 is 4.74 Å². The van der Waals surface area contributed by atoms with Gasteiger partial charge in [0, 0.05) is 4.47 Å². The lowest BCUT2D eigenvalue weighted by Gasteiger charge is -2.05. The standard InChI is InChI=1S/C13H8Br2N2O2S/c14-8-3-4-10(9(15)6-8)18-7-12-16-13(17-19-12)11-2-1-5-20-11/h1-6H,7H2. The van der Waals surface area contributed by atoms with Crippen LogP contribution in [0.3, 0.4) is 0 Å². The van der Waals surface area contributed by atoms with Crippen LogP contribution in [0.15, 0.2) is 49.2 Å². The predicted octanol–water partition coefficient (Wildman–Crippen LogP) is 4.90. The number of hydrogen-bond acceptors (Lipinski definition) is 5. The molecule has 20 heavy (non-hydrogen) atoms. The molecule has 0 unspecified atom stereocenters. The second kappa shape index (κ2) is 6.07. The minimum absolute atomic E-state index is 0.235. The molecule has 0 saturated carbocycles. The first-order chi connectivity index (χ1) is 9.72.